The normalized spacial score (nSPS) is 22.0. The maximum absolute atomic E-state index is 13.7. The molecule has 1 fully saturated rings. The summed E-state index contributed by atoms with van der Waals surface area (Å²) in [5.41, 5.74) is -0.519. The van der Waals surface area contributed by atoms with Crippen LogP contribution in [0.5, 0.6) is 0 Å². The average Bonchev–Trinajstić information content (AvgIpc) is 2.86. The van der Waals surface area contributed by atoms with Crippen molar-refractivity contribution in [2.45, 2.75) is 26.8 Å². The highest BCUT2D eigenvalue weighted by Crippen LogP contribution is 2.28. The zero-order chi connectivity index (χ0) is 14.8. The fourth-order valence-corrected chi connectivity index (χ4v) is 2.58. The van der Waals surface area contributed by atoms with Crippen LogP contribution >= 0.6 is 0 Å². The van der Waals surface area contributed by atoms with Gasteiger partial charge in [-0.25, -0.2) is 8.78 Å². The third kappa shape index (κ3) is 2.82. The molecular formula is C15H20F2N2O. The number of nitrogens with zero attached hydrogens (tertiary/aromatic N) is 1. The molecule has 20 heavy (non-hydrogen) atoms. The number of rotatable bonds is 4. The molecule has 3 nitrogen and oxygen atoms in total. The third-order valence-corrected chi connectivity index (χ3v) is 3.96. The van der Waals surface area contributed by atoms with Crippen molar-refractivity contribution in [3.05, 3.63) is 35.4 Å². The Hall–Kier alpha value is -1.49. The minimum Gasteiger partial charge on any atom is -0.338 e. The van der Waals surface area contributed by atoms with Crippen LogP contribution in [-0.4, -0.2) is 30.4 Å². The number of benzene rings is 1. The highest BCUT2D eigenvalue weighted by atomic mass is 19.1. The van der Waals surface area contributed by atoms with E-state index in [1.807, 2.05) is 13.8 Å². The van der Waals surface area contributed by atoms with Crippen LogP contribution in [0, 0.1) is 17.0 Å². The van der Waals surface area contributed by atoms with E-state index >= 15 is 0 Å². The molecule has 110 valence electrons. The van der Waals surface area contributed by atoms with Gasteiger partial charge in [-0.1, -0.05) is 6.07 Å². The Morgan fingerprint density at radius 1 is 1.40 bits per heavy atom. The van der Waals surface area contributed by atoms with Crippen molar-refractivity contribution in [2.75, 3.05) is 19.6 Å². The molecule has 1 saturated heterocycles. The first-order valence-electron chi connectivity index (χ1n) is 6.91. The average molecular weight is 282 g/mol. The molecule has 1 aromatic rings. The molecule has 1 N–H and O–H groups in total. The van der Waals surface area contributed by atoms with E-state index < -0.39 is 17.0 Å². The lowest BCUT2D eigenvalue weighted by Crippen LogP contribution is -2.43. The van der Waals surface area contributed by atoms with Crippen LogP contribution in [-0.2, 0) is 11.3 Å². The van der Waals surface area contributed by atoms with Gasteiger partial charge in [-0.2, -0.15) is 0 Å². The van der Waals surface area contributed by atoms with Crippen molar-refractivity contribution in [2.24, 2.45) is 5.41 Å². The van der Waals surface area contributed by atoms with Crippen molar-refractivity contribution < 1.29 is 13.6 Å². The maximum Gasteiger partial charge on any atom is 0.230 e. The quantitative estimate of drug-likeness (QED) is 0.919. The van der Waals surface area contributed by atoms with E-state index in [4.69, 9.17) is 0 Å². The van der Waals surface area contributed by atoms with Crippen LogP contribution in [0.2, 0.25) is 0 Å². The van der Waals surface area contributed by atoms with Crippen LogP contribution < -0.4 is 5.32 Å². The van der Waals surface area contributed by atoms with Gasteiger partial charge in [0.25, 0.3) is 0 Å². The largest absolute Gasteiger partial charge is 0.338 e. The zero-order valence-corrected chi connectivity index (χ0v) is 11.9. The molecule has 2 rings (SSSR count). The smallest absolute Gasteiger partial charge is 0.230 e. The lowest BCUT2D eigenvalue weighted by Gasteiger charge is -2.30. The van der Waals surface area contributed by atoms with E-state index in [9.17, 15) is 13.6 Å². The Balaban J connectivity index is 2.19. The molecular weight excluding hydrogens is 262 g/mol. The molecule has 0 radical (unpaired) electrons. The summed E-state index contributed by atoms with van der Waals surface area (Å²) in [5, 5.41) is 3.16. The second kappa shape index (κ2) is 5.87. The fraction of sp³-hybridized carbons (Fsp3) is 0.533. The summed E-state index contributed by atoms with van der Waals surface area (Å²) in [6.07, 6.45) is 0.752. The minimum atomic E-state index is -0.606. The van der Waals surface area contributed by atoms with Gasteiger partial charge >= 0.3 is 0 Å². The Bertz CT molecular complexity index is 478. The van der Waals surface area contributed by atoms with E-state index in [1.54, 1.807) is 0 Å². The van der Waals surface area contributed by atoms with E-state index in [-0.39, 0.29) is 18.0 Å². The second-order valence-electron chi connectivity index (χ2n) is 5.51. The summed E-state index contributed by atoms with van der Waals surface area (Å²) in [4.78, 5) is 14.1. The molecule has 0 saturated carbocycles. The highest BCUT2D eigenvalue weighted by molar-refractivity contribution is 5.83. The SMILES string of the molecule is CCN(Cc1c(F)cccc1F)C(=O)[C@@]1(C)CCNC1. The topological polar surface area (TPSA) is 32.3 Å². The number of hydrogen-bond acceptors (Lipinski definition) is 2. The van der Waals surface area contributed by atoms with Gasteiger partial charge in [0.05, 0.1) is 12.0 Å². The van der Waals surface area contributed by atoms with Gasteiger partial charge < -0.3 is 10.2 Å². The van der Waals surface area contributed by atoms with Crippen LogP contribution in [0.25, 0.3) is 0 Å². The number of nitrogens with one attached hydrogen (secondary N) is 1. The number of hydrogen-bond donors (Lipinski definition) is 1. The first-order chi connectivity index (χ1) is 9.48. The highest BCUT2D eigenvalue weighted by Gasteiger charge is 2.39. The van der Waals surface area contributed by atoms with Crippen molar-refractivity contribution in [1.29, 1.82) is 0 Å². The molecule has 0 aliphatic carbocycles. The van der Waals surface area contributed by atoms with Gasteiger partial charge in [-0.05, 0) is 38.9 Å². The van der Waals surface area contributed by atoms with Gasteiger partial charge in [0.1, 0.15) is 11.6 Å². The molecule has 0 aromatic heterocycles. The summed E-state index contributed by atoms with van der Waals surface area (Å²) >= 11 is 0. The number of halogens is 2. The number of carbonyl (C=O) groups excluding carboxylic acids is 1. The van der Waals surface area contributed by atoms with Gasteiger partial charge in [0.2, 0.25) is 5.91 Å². The zero-order valence-electron chi connectivity index (χ0n) is 11.9. The lowest BCUT2D eigenvalue weighted by atomic mass is 9.88. The molecule has 1 heterocycles. The van der Waals surface area contributed by atoms with Crippen molar-refractivity contribution in [3.8, 4) is 0 Å². The van der Waals surface area contributed by atoms with Crippen molar-refractivity contribution in [3.63, 3.8) is 0 Å². The third-order valence-electron chi connectivity index (χ3n) is 3.96. The summed E-state index contributed by atoms with van der Waals surface area (Å²) in [6.45, 7) is 5.54. The van der Waals surface area contributed by atoms with Crippen LogP contribution in [0.1, 0.15) is 25.8 Å². The van der Waals surface area contributed by atoms with E-state index in [1.165, 1.54) is 23.1 Å². The minimum absolute atomic E-state index is 0.0244. The van der Waals surface area contributed by atoms with Crippen LogP contribution in [0.3, 0.4) is 0 Å². The molecule has 0 bridgehead atoms. The molecule has 1 aliphatic rings. The van der Waals surface area contributed by atoms with E-state index in [0.29, 0.717) is 13.1 Å². The van der Waals surface area contributed by atoms with Gasteiger partial charge in [-0.15, -0.1) is 0 Å². The molecule has 1 aromatic carbocycles. The van der Waals surface area contributed by atoms with E-state index in [0.717, 1.165) is 13.0 Å². The van der Waals surface area contributed by atoms with Gasteiger partial charge in [-0.3, -0.25) is 4.79 Å². The summed E-state index contributed by atoms with van der Waals surface area (Å²) < 4.78 is 27.4. The first kappa shape index (κ1) is 14.9. The van der Waals surface area contributed by atoms with Crippen LogP contribution in [0.15, 0.2) is 18.2 Å². The van der Waals surface area contributed by atoms with Crippen molar-refractivity contribution >= 4 is 5.91 Å². The summed E-state index contributed by atoms with van der Waals surface area (Å²) in [5.74, 6) is -1.26. The monoisotopic (exact) mass is 282 g/mol. The van der Waals surface area contributed by atoms with E-state index in [2.05, 4.69) is 5.32 Å². The Kier molecular flexibility index (Phi) is 4.38. The standard InChI is InChI=1S/C15H20F2N2O/c1-3-19(14(20)15(2)7-8-18-10-15)9-11-12(16)5-4-6-13(11)17/h4-6,18H,3,7-10H2,1-2H3/t15-/m0/s1. The Morgan fingerprint density at radius 3 is 2.55 bits per heavy atom. The molecule has 5 heteroatoms. The predicted octanol–water partition coefficient (Wildman–Crippen LogP) is 2.31. The molecule has 1 aliphatic heterocycles. The van der Waals surface area contributed by atoms with Crippen LogP contribution in [0.4, 0.5) is 8.78 Å². The number of carbonyl (C=O) groups is 1. The van der Waals surface area contributed by atoms with Crippen molar-refractivity contribution in [1.82, 2.24) is 10.2 Å². The Labute approximate surface area is 118 Å². The first-order valence-corrected chi connectivity index (χ1v) is 6.91. The summed E-state index contributed by atoms with van der Waals surface area (Å²) in [6, 6.07) is 3.76. The van der Waals surface area contributed by atoms with Gasteiger partial charge in [0.15, 0.2) is 0 Å². The molecule has 0 spiro atoms. The predicted molar refractivity (Wildman–Crippen MR) is 73.0 cm³/mol. The lowest BCUT2D eigenvalue weighted by molar-refractivity contribution is -0.140. The fourth-order valence-electron chi connectivity index (χ4n) is 2.58. The second-order valence-corrected chi connectivity index (χ2v) is 5.51. The summed E-state index contributed by atoms with van der Waals surface area (Å²) in [7, 11) is 0. The maximum atomic E-state index is 13.7. The number of amides is 1. The Morgan fingerprint density at radius 2 is 2.05 bits per heavy atom. The molecule has 1 atom stereocenters. The molecule has 0 unspecified atom stereocenters. The van der Waals surface area contributed by atoms with Gasteiger partial charge in [0, 0.05) is 18.7 Å². The molecule has 1 amide bonds.